The van der Waals surface area contributed by atoms with Crippen LogP contribution in [0.5, 0.6) is 0 Å². The highest BCUT2D eigenvalue weighted by Gasteiger charge is 2.23. The molecule has 28 heavy (non-hydrogen) atoms. The molecule has 148 valence electrons. The third-order valence-electron chi connectivity index (χ3n) is 3.91. The highest BCUT2D eigenvalue weighted by molar-refractivity contribution is 5.85. The molecule has 2 rings (SSSR count). The van der Waals surface area contributed by atoms with E-state index in [0.29, 0.717) is 0 Å². The molecule has 0 bridgehead atoms. The van der Waals surface area contributed by atoms with E-state index < -0.39 is 23.9 Å². The van der Waals surface area contributed by atoms with Gasteiger partial charge in [-0.25, -0.2) is 4.79 Å². The lowest BCUT2D eigenvalue weighted by Crippen LogP contribution is -2.44. The van der Waals surface area contributed by atoms with E-state index in [2.05, 4.69) is 5.32 Å². The zero-order chi connectivity index (χ0) is 20.2. The molecule has 0 heterocycles. The van der Waals surface area contributed by atoms with Gasteiger partial charge in [0.25, 0.3) is 0 Å². The predicted octanol–water partition coefficient (Wildman–Crippen LogP) is 1.70. The number of amides is 1. The molecule has 0 aliphatic rings. The van der Waals surface area contributed by atoms with Crippen LogP contribution in [0.2, 0.25) is 0 Å². The molecule has 0 saturated heterocycles. The smallest absolute Gasteiger partial charge is 0.328 e. The Kier molecular flexibility index (Phi) is 8.68. The van der Waals surface area contributed by atoms with Gasteiger partial charge >= 0.3 is 11.9 Å². The van der Waals surface area contributed by atoms with Crippen molar-refractivity contribution in [3.05, 3.63) is 71.8 Å². The summed E-state index contributed by atoms with van der Waals surface area (Å²) < 4.78 is 10.4. The van der Waals surface area contributed by atoms with Crippen LogP contribution in [-0.2, 0) is 37.1 Å². The van der Waals surface area contributed by atoms with E-state index in [1.807, 2.05) is 60.7 Å². The first-order valence-electron chi connectivity index (χ1n) is 8.98. The highest BCUT2D eigenvalue weighted by atomic mass is 16.5. The summed E-state index contributed by atoms with van der Waals surface area (Å²) in [5.41, 5.74) is 6.99. The molecule has 1 atom stereocenters. The topological polar surface area (TPSA) is 108 Å². The Morgan fingerprint density at radius 1 is 0.857 bits per heavy atom. The Hall–Kier alpha value is -3.19. The lowest BCUT2D eigenvalue weighted by Gasteiger charge is -2.17. The van der Waals surface area contributed by atoms with E-state index in [1.54, 1.807) is 0 Å². The van der Waals surface area contributed by atoms with Gasteiger partial charge in [-0.1, -0.05) is 60.7 Å². The molecule has 1 unspecified atom stereocenters. The monoisotopic (exact) mass is 384 g/mol. The molecule has 0 spiro atoms. The van der Waals surface area contributed by atoms with Crippen molar-refractivity contribution in [1.82, 2.24) is 5.32 Å². The fourth-order valence-electron chi connectivity index (χ4n) is 2.40. The number of carbonyl (C=O) groups is 3. The molecule has 2 aromatic rings. The summed E-state index contributed by atoms with van der Waals surface area (Å²) in [6.45, 7) is -0.0357. The Morgan fingerprint density at radius 2 is 1.39 bits per heavy atom. The van der Waals surface area contributed by atoms with Crippen LogP contribution in [0.25, 0.3) is 0 Å². The van der Waals surface area contributed by atoms with Crippen LogP contribution in [0.4, 0.5) is 0 Å². The number of hydrogen-bond donors (Lipinski definition) is 2. The third-order valence-corrected chi connectivity index (χ3v) is 3.91. The minimum Gasteiger partial charge on any atom is -0.461 e. The molecule has 7 heteroatoms. The zero-order valence-electron chi connectivity index (χ0n) is 15.5. The number of rotatable bonds is 10. The van der Waals surface area contributed by atoms with Crippen LogP contribution in [-0.4, -0.2) is 30.4 Å². The van der Waals surface area contributed by atoms with Crippen molar-refractivity contribution in [2.24, 2.45) is 5.73 Å². The van der Waals surface area contributed by atoms with Crippen LogP contribution in [0.1, 0.15) is 24.0 Å². The maximum Gasteiger partial charge on any atom is 0.328 e. The van der Waals surface area contributed by atoms with Crippen molar-refractivity contribution in [3.63, 3.8) is 0 Å². The fourth-order valence-corrected chi connectivity index (χ4v) is 2.40. The third kappa shape index (κ3) is 7.59. The molecule has 0 saturated carbocycles. The molecule has 0 radical (unpaired) electrons. The van der Waals surface area contributed by atoms with Gasteiger partial charge in [0, 0.05) is 6.42 Å². The van der Waals surface area contributed by atoms with Crippen molar-refractivity contribution < 1.29 is 23.9 Å². The van der Waals surface area contributed by atoms with E-state index in [9.17, 15) is 14.4 Å². The SMILES string of the molecule is NCC(=O)NC(CCC(=O)OCc1ccccc1)C(=O)OCc1ccccc1. The van der Waals surface area contributed by atoms with E-state index in [4.69, 9.17) is 15.2 Å². The predicted molar refractivity (Wildman–Crippen MR) is 103 cm³/mol. The van der Waals surface area contributed by atoms with E-state index in [0.717, 1.165) is 11.1 Å². The quantitative estimate of drug-likeness (QED) is 0.604. The molecule has 0 aromatic heterocycles. The second kappa shape index (κ2) is 11.5. The van der Waals surface area contributed by atoms with Gasteiger partial charge in [-0.3, -0.25) is 9.59 Å². The number of esters is 2. The van der Waals surface area contributed by atoms with Crippen molar-refractivity contribution in [1.29, 1.82) is 0 Å². The van der Waals surface area contributed by atoms with Crippen molar-refractivity contribution in [2.75, 3.05) is 6.54 Å². The summed E-state index contributed by atoms with van der Waals surface area (Å²) in [5, 5.41) is 2.49. The van der Waals surface area contributed by atoms with Gasteiger partial charge in [0.15, 0.2) is 0 Å². The number of nitrogens with two attached hydrogens (primary N) is 1. The summed E-state index contributed by atoms with van der Waals surface area (Å²) in [4.78, 5) is 35.9. The number of carbonyl (C=O) groups excluding carboxylic acids is 3. The average molecular weight is 384 g/mol. The van der Waals surface area contributed by atoms with Gasteiger partial charge in [0.1, 0.15) is 19.3 Å². The van der Waals surface area contributed by atoms with Crippen molar-refractivity contribution in [3.8, 4) is 0 Å². The Balaban J connectivity index is 1.84. The number of benzene rings is 2. The number of ether oxygens (including phenoxy) is 2. The van der Waals surface area contributed by atoms with Crippen molar-refractivity contribution in [2.45, 2.75) is 32.1 Å². The second-order valence-electron chi connectivity index (χ2n) is 6.10. The zero-order valence-corrected chi connectivity index (χ0v) is 15.5. The summed E-state index contributed by atoms with van der Waals surface area (Å²) in [6.07, 6.45) is 0.0236. The van der Waals surface area contributed by atoms with Crippen LogP contribution in [0.15, 0.2) is 60.7 Å². The first kappa shape index (κ1) is 21.1. The Labute approximate surface area is 163 Å². The number of hydrogen-bond acceptors (Lipinski definition) is 6. The molecule has 0 aliphatic heterocycles. The Morgan fingerprint density at radius 3 is 1.93 bits per heavy atom. The maximum absolute atomic E-state index is 12.3. The van der Waals surface area contributed by atoms with Gasteiger partial charge in [-0.05, 0) is 17.5 Å². The molecule has 2 aromatic carbocycles. The molecule has 1 amide bonds. The van der Waals surface area contributed by atoms with Crippen molar-refractivity contribution >= 4 is 17.8 Å². The molecule has 0 fully saturated rings. The van der Waals surface area contributed by atoms with Gasteiger partial charge in [0.05, 0.1) is 6.54 Å². The van der Waals surface area contributed by atoms with Crippen LogP contribution < -0.4 is 11.1 Å². The summed E-state index contributed by atoms with van der Waals surface area (Å²) in [5.74, 6) is -1.59. The summed E-state index contributed by atoms with van der Waals surface area (Å²) in [7, 11) is 0. The second-order valence-corrected chi connectivity index (χ2v) is 6.10. The van der Waals surface area contributed by atoms with Crippen LogP contribution >= 0.6 is 0 Å². The normalized spacial score (nSPS) is 11.3. The Bertz CT molecular complexity index is 765. The van der Waals surface area contributed by atoms with Gasteiger partial charge in [-0.2, -0.15) is 0 Å². The van der Waals surface area contributed by atoms with E-state index in [1.165, 1.54) is 0 Å². The lowest BCUT2D eigenvalue weighted by molar-refractivity contribution is -0.150. The first-order valence-corrected chi connectivity index (χ1v) is 8.98. The molecule has 3 N–H and O–H groups in total. The summed E-state index contributed by atoms with van der Waals surface area (Å²) >= 11 is 0. The minimum atomic E-state index is -0.968. The van der Waals surface area contributed by atoms with Crippen LogP contribution in [0.3, 0.4) is 0 Å². The molecular weight excluding hydrogens is 360 g/mol. The first-order chi connectivity index (χ1) is 13.6. The van der Waals surface area contributed by atoms with Crippen LogP contribution in [0, 0.1) is 0 Å². The minimum absolute atomic E-state index is 0.0389. The lowest BCUT2D eigenvalue weighted by atomic mass is 10.1. The van der Waals surface area contributed by atoms with Gasteiger partial charge in [-0.15, -0.1) is 0 Å². The standard InChI is InChI=1S/C21H24N2O5/c22-13-19(24)23-18(21(26)28-15-17-9-5-2-6-10-17)11-12-20(25)27-14-16-7-3-1-4-8-16/h1-10,18H,11-15,22H2,(H,23,24). The molecular formula is C21H24N2O5. The molecule has 0 aliphatic carbocycles. The highest BCUT2D eigenvalue weighted by Crippen LogP contribution is 2.08. The largest absolute Gasteiger partial charge is 0.461 e. The van der Waals surface area contributed by atoms with E-state index >= 15 is 0 Å². The maximum atomic E-state index is 12.3. The van der Waals surface area contributed by atoms with Gasteiger partial charge < -0.3 is 20.5 Å². The number of nitrogens with one attached hydrogen (secondary N) is 1. The van der Waals surface area contributed by atoms with E-state index in [-0.39, 0.29) is 32.6 Å². The summed E-state index contributed by atoms with van der Waals surface area (Å²) in [6, 6.07) is 17.5. The fraction of sp³-hybridized carbons (Fsp3) is 0.286. The van der Waals surface area contributed by atoms with Gasteiger partial charge in [0.2, 0.25) is 5.91 Å². The average Bonchev–Trinajstić information content (AvgIpc) is 2.74. The molecule has 7 nitrogen and oxygen atoms in total.